The number of hydrogen-bond donors (Lipinski definition) is 2. The standard InChI is InChI=1S/C26H24N4O4S/c1-14-7-9-18(12-15(14)2)30-16(3)22(25-28-24(29-34-25)21-6-5-11-35-21)23(27-26(30)32)17-8-10-20(33-4)19(31)13-17/h5-13,23,31H,1-4H3,(H,27,32). The molecular weight excluding hydrogens is 464 g/mol. The number of nitrogens with zero attached hydrogens (tertiary/aromatic N) is 3. The Morgan fingerprint density at radius 2 is 1.94 bits per heavy atom. The van der Waals surface area contributed by atoms with Crippen LogP contribution in [-0.4, -0.2) is 28.4 Å². The molecule has 0 saturated heterocycles. The van der Waals surface area contributed by atoms with Crippen molar-refractivity contribution in [2.75, 3.05) is 12.0 Å². The minimum atomic E-state index is -0.626. The average Bonchev–Trinajstić information content (AvgIpc) is 3.53. The third-order valence-corrected chi connectivity index (χ3v) is 7.03. The first-order valence-electron chi connectivity index (χ1n) is 11.0. The second-order valence-corrected chi connectivity index (χ2v) is 9.26. The van der Waals surface area contributed by atoms with Crippen molar-refractivity contribution in [1.82, 2.24) is 15.5 Å². The molecule has 2 aromatic carbocycles. The molecule has 2 N–H and O–H groups in total. The molecule has 0 fully saturated rings. The van der Waals surface area contributed by atoms with Crippen molar-refractivity contribution in [3.63, 3.8) is 0 Å². The fraction of sp³-hybridized carbons (Fsp3) is 0.192. The van der Waals surface area contributed by atoms with Gasteiger partial charge in [-0.25, -0.2) is 4.79 Å². The van der Waals surface area contributed by atoms with Gasteiger partial charge in [-0.05, 0) is 73.2 Å². The molecule has 8 nitrogen and oxygen atoms in total. The van der Waals surface area contributed by atoms with Crippen molar-refractivity contribution in [2.24, 2.45) is 0 Å². The lowest BCUT2D eigenvalue weighted by Gasteiger charge is -2.35. The molecule has 4 aromatic rings. The zero-order chi connectivity index (χ0) is 24.7. The Kier molecular flexibility index (Phi) is 5.78. The number of methoxy groups -OCH3 is 1. The summed E-state index contributed by atoms with van der Waals surface area (Å²) in [6.45, 7) is 5.89. The van der Waals surface area contributed by atoms with Crippen LogP contribution in [-0.2, 0) is 0 Å². The number of benzene rings is 2. The van der Waals surface area contributed by atoms with Crippen molar-refractivity contribution < 1.29 is 19.2 Å². The Morgan fingerprint density at radius 3 is 2.63 bits per heavy atom. The number of amides is 2. The molecule has 0 bridgehead atoms. The van der Waals surface area contributed by atoms with Gasteiger partial charge in [-0.2, -0.15) is 4.98 Å². The van der Waals surface area contributed by atoms with E-state index < -0.39 is 6.04 Å². The van der Waals surface area contributed by atoms with Gasteiger partial charge in [0.05, 0.1) is 29.3 Å². The molecule has 2 amide bonds. The molecule has 0 radical (unpaired) electrons. The van der Waals surface area contributed by atoms with Gasteiger partial charge in [0.25, 0.3) is 5.89 Å². The van der Waals surface area contributed by atoms with Crippen LogP contribution in [0.15, 0.2) is 64.1 Å². The summed E-state index contributed by atoms with van der Waals surface area (Å²) in [4.78, 5) is 20.5. The van der Waals surface area contributed by atoms with Gasteiger partial charge in [-0.15, -0.1) is 11.3 Å². The van der Waals surface area contributed by atoms with E-state index in [2.05, 4.69) is 15.5 Å². The summed E-state index contributed by atoms with van der Waals surface area (Å²) < 4.78 is 10.9. The summed E-state index contributed by atoms with van der Waals surface area (Å²) in [5.41, 5.74) is 4.89. The summed E-state index contributed by atoms with van der Waals surface area (Å²) in [6, 6.07) is 13.8. The van der Waals surface area contributed by atoms with Gasteiger partial charge >= 0.3 is 6.03 Å². The van der Waals surface area contributed by atoms with Gasteiger partial charge < -0.3 is 19.7 Å². The van der Waals surface area contributed by atoms with E-state index in [1.165, 1.54) is 18.4 Å². The number of aryl methyl sites for hydroxylation is 2. The van der Waals surface area contributed by atoms with Crippen LogP contribution in [0, 0.1) is 13.8 Å². The largest absolute Gasteiger partial charge is 0.504 e. The van der Waals surface area contributed by atoms with E-state index in [1.807, 2.05) is 56.5 Å². The number of carbonyl (C=O) groups excluding carboxylic acids is 1. The highest BCUT2D eigenvalue weighted by Gasteiger charge is 2.37. The van der Waals surface area contributed by atoms with Gasteiger partial charge in [0, 0.05) is 5.70 Å². The fourth-order valence-corrected chi connectivity index (χ4v) is 4.82. The summed E-state index contributed by atoms with van der Waals surface area (Å²) in [5, 5.41) is 19.6. The highest BCUT2D eigenvalue weighted by Crippen LogP contribution is 2.41. The lowest BCUT2D eigenvalue weighted by atomic mass is 9.94. The summed E-state index contributed by atoms with van der Waals surface area (Å²) in [6.07, 6.45) is 0. The van der Waals surface area contributed by atoms with Gasteiger partial charge in [-0.3, -0.25) is 4.90 Å². The van der Waals surface area contributed by atoms with Gasteiger partial charge in [0.1, 0.15) is 0 Å². The predicted octanol–water partition coefficient (Wildman–Crippen LogP) is 5.83. The van der Waals surface area contributed by atoms with Crippen molar-refractivity contribution in [1.29, 1.82) is 0 Å². The number of allylic oxidation sites excluding steroid dienone is 1. The molecule has 3 heterocycles. The lowest BCUT2D eigenvalue weighted by Crippen LogP contribution is -2.46. The van der Waals surface area contributed by atoms with Crippen LogP contribution in [0.1, 0.15) is 35.5 Å². The minimum Gasteiger partial charge on any atom is -0.504 e. The highest BCUT2D eigenvalue weighted by atomic mass is 32.1. The molecule has 1 aliphatic rings. The molecule has 1 unspecified atom stereocenters. The maximum absolute atomic E-state index is 13.4. The quantitative estimate of drug-likeness (QED) is 0.366. The number of aromatic nitrogens is 2. The molecule has 2 aromatic heterocycles. The first-order chi connectivity index (χ1) is 16.9. The number of phenolic OH excluding ortho intramolecular Hbond substituents is 1. The number of hydrogen-bond acceptors (Lipinski definition) is 7. The van der Waals surface area contributed by atoms with Crippen molar-refractivity contribution in [2.45, 2.75) is 26.8 Å². The number of anilines is 1. The third-order valence-electron chi connectivity index (χ3n) is 6.17. The molecule has 0 saturated carbocycles. The number of urea groups is 1. The van der Waals surface area contributed by atoms with Gasteiger partial charge in [0.15, 0.2) is 11.5 Å². The average molecular weight is 489 g/mol. The monoisotopic (exact) mass is 488 g/mol. The number of phenols is 1. The summed E-state index contributed by atoms with van der Waals surface area (Å²) in [7, 11) is 1.48. The summed E-state index contributed by atoms with van der Waals surface area (Å²) in [5.74, 6) is 1.08. The van der Waals surface area contributed by atoms with E-state index in [-0.39, 0.29) is 11.8 Å². The molecule has 5 rings (SSSR count). The molecule has 9 heteroatoms. The number of aromatic hydroxyl groups is 1. The van der Waals surface area contributed by atoms with E-state index in [0.717, 1.165) is 21.7 Å². The Bertz CT molecular complexity index is 1440. The lowest BCUT2D eigenvalue weighted by molar-refractivity contribution is 0.244. The molecule has 1 atom stereocenters. The maximum atomic E-state index is 13.4. The van der Waals surface area contributed by atoms with E-state index >= 15 is 0 Å². The normalized spacial score (nSPS) is 15.9. The van der Waals surface area contributed by atoms with Crippen LogP contribution >= 0.6 is 11.3 Å². The maximum Gasteiger partial charge on any atom is 0.326 e. The molecule has 0 spiro atoms. The zero-order valence-electron chi connectivity index (χ0n) is 19.7. The highest BCUT2D eigenvalue weighted by molar-refractivity contribution is 7.13. The SMILES string of the molecule is COc1ccc(C2NC(=O)N(c3ccc(C)c(C)c3)C(C)=C2c2nc(-c3cccs3)no2)cc1O. The molecule has 178 valence electrons. The van der Waals surface area contributed by atoms with Crippen LogP contribution < -0.4 is 15.0 Å². The van der Waals surface area contributed by atoms with Crippen molar-refractivity contribution in [3.05, 3.63) is 82.2 Å². The number of ether oxygens (including phenoxy) is 1. The van der Waals surface area contributed by atoms with Crippen molar-refractivity contribution in [3.8, 4) is 22.2 Å². The Hall–Kier alpha value is -4.11. The minimum absolute atomic E-state index is 0.0300. The van der Waals surface area contributed by atoms with Gasteiger partial charge in [0.2, 0.25) is 5.82 Å². The predicted molar refractivity (Wildman–Crippen MR) is 135 cm³/mol. The zero-order valence-corrected chi connectivity index (χ0v) is 20.5. The second-order valence-electron chi connectivity index (χ2n) is 8.32. The molecule has 35 heavy (non-hydrogen) atoms. The van der Waals surface area contributed by atoms with Crippen LogP contribution in [0.4, 0.5) is 10.5 Å². The number of rotatable bonds is 5. The molecule has 0 aliphatic carbocycles. The Balaban J connectivity index is 1.67. The van der Waals surface area contributed by atoms with Crippen LogP contribution in [0.25, 0.3) is 16.3 Å². The van der Waals surface area contributed by atoms with Gasteiger partial charge in [-0.1, -0.05) is 23.4 Å². The third kappa shape index (κ3) is 4.04. The van der Waals surface area contributed by atoms with Crippen molar-refractivity contribution >= 4 is 28.6 Å². The topological polar surface area (TPSA) is 101 Å². The Morgan fingerprint density at radius 1 is 1.11 bits per heavy atom. The molecule has 1 aliphatic heterocycles. The number of carbonyl (C=O) groups is 1. The van der Waals surface area contributed by atoms with Crippen LogP contribution in [0.5, 0.6) is 11.5 Å². The van der Waals surface area contributed by atoms with E-state index in [1.54, 1.807) is 23.1 Å². The smallest absolute Gasteiger partial charge is 0.326 e. The number of nitrogens with one attached hydrogen (secondary N) is 1. The van der Waals surface area contributed by atoms with Crippen LogP contribution in [0.2, 0.25) is 0 Å². The second kappa shape index (κ2) is 8.92. The van der Waals surface area contributed by atoms with E-state index in [0.29, 0.717) is 34.3 Å². The van der Waals surface area contributed by atoms with E-state index in [4.69, 9.17) is 9.26 Å². The number of thiophene rings is 1. The van der Waals surface area contributed by atoms with E-state index in [9.17, 15) is 9.90 Å². The first-order valence-corrected chi connectivity index (χ1v) is 11.9. The molecular formula is C26H24N4O4S. The summed E-state index contributed by atoms with van der Waals surface area (Å²) >= 11 is 1.51. The van der Waals surface area contributed by atoms with Crippen LogP contribution in [0.3, 0.4) is 0 Å². The first kappa shape index (κ1) is 22.7. The Labute approximate surface area is 206 Å². The fourth-order valence-electron chi connectivity index (χ4n) is 4.17.